The van der Waals surface area contributed by atoms with Crippen molar-refractivity contribution < 1.29 is 22.6 Å². The van der Waals surface area contributed by atoms with Crippen molar-refractivity contribution >= 4 is 0 Å². The van der Waals surface area contributed by atoms with Crippen LogP contribution in [0.15, 0.2) is 67.3 Å². The van der Waals surface area contributed by atoms with Gasteiger partial charge in [-0.2, -0.15) is 0 Å². The fraction of sp³-hybridized carbons (Fsp3) is 0.355. The van der Waals surface area contributed by atoms with Crippen LogP contribution in [0.25, 0.3) is 11.1 Å². The minimum Gasteiger partial charge on any atom is -0.494 e. The van der Waals surface area contributed by atoms with E-state index < -0.39 is 11.6 Å². The first-order valence-electron chi connectivity index (χ1n) is 12.7. The number of aryl methyl sites for hydroxylation is 1. The highest BCUT2D eigenvalue weighted by molar-refractivity contribution is 5.65. The van der Waals surface area contributed by atoms with Crippen molar-refractivity contribution in [3.63, 3.8) is 0 Å². The number of hydrogen-bond acceptors (Lipinski definition) is 2. The van der Waals surface area contributed by atoms with Gasteiger partial charge in [-0.3, -0.25) is 0 Å². The van der Waals surface area contributed by atoms with Gasteiger partial charge in [-0.1, -0.05) is 43.0 Å². The molecule has 0 atom stereocenters. The minimum atomic E-state index is -0.803. The predicted molar refractivity (Wildman–Crippen MR) is 138 cm³/mol. The molecule has 1 aliphatic carbocycles. The molecule has 0 bridgehead atoms. The number of hydrogen-bond donors (Lipinski definition) is 0. The summed E-state index contributed by atoms with van der Waals surface area (Å²) in [5, 5.41) is 0. The van der Waals surface area contributed by atoms with Crippen LogP contribution in [0.5, 0.6) is 11.5 Å². The zero-order chi connectivity index (χ0) is 25.5. The number of rotatable bonds is 10. The Labute approximate surface area is 211 Å². The molecule has 0 spiro atoms. The van der Waals surface area contributed by atoms with Crippen molar-refractivity contribution in [2.75, 3.05) is 13.2 Å². The quantitative estimate of drug-likeness (QED) is 0.263. The molecule has 2 nitrogen and oxygen atoms in total. The molecule has 4 rings (SSSR count). The topological polar surface area (TPSA) is 18.5 Å². The van der Waals surface area contributed by atoms with E-state index in [0.717, 1.165) is 37.7 Å². The molecule has 0 unspecified atom stereocenters. The summed E-state index contributed by atoms with van der Waals surface area (Å²) in [6.45, 7) is 6.30. The standard InChI is InChI=1S/C31H33F3O2/c1-3-19-36-29-18-14-25(20-28(29)32)22-8-5-21(6-9-22)7-10-24-13-17-27(31(34)30(24)33)23-11-15-26(16-12-23)35-4-2/h3,11-18,20-22H,1,4-10,19H2,2H3. The number of benzene rings is 3. The van der Waals surface area contributed by atoms with E-state index in [1.807, 2.05) is 13.0 Å². The van der Waals surface area contributed by atoms with Crippen LogP contribution >= 0.6 is 0 Å². The van der Waals surface area contributed by atoms with Gasteiger partial charge in [-0.15, -0.1) is 0 Å². The molecule has 0 aromatic heterocycles. The smallest absolute Gasteiger partial charge is 0.166 e. The van der Waals surface area contributed by atoms with Crippen molar-refractivity contribution in [3.8, 4) is 22.6 Å². The van der Waals surface area contributed by atoms with Gasteiger partial charge in [0.2, 0.25) is 0 Å². The first-order chi connectivity index (χ1) is 17.5. The van der Waals surface area contributed by atoms with Crippen LogP contribution < -0.4 is 9.47 Å². The monoisotopic (exact) mass is 494 g/mol. The second kappa shape index (κ2) is 12.2. The summed E-state index contributed by atoms with van der Waals surface area (Å²) in [5.74, 6) is -0.195. The van der Waals surface area contributed by atoms with E-state index in [4.69, 9.17) is 9.47 Å². The van der Waals surface area contributed by atoms with Crippen LogP contribution in [0.2, 0.25) is 0 Å². The lowest BCUT2D eigenvalue weighted by Crippen LogP contribution is -2.14. The molecule has 0 heterocycles. The third-order valence-electron chi connectivity index (χ3n) is 7.09. The predicted octanol–water partition coefficient (Wildman–Crippen LogP) is 8.64. The van der Waals surface area contributed by atoms with Gasteiger partial charge in [0.05, 0.1) is 6.61 Å². The van der Waals surface area contributed by atoms with Crippen molar-refractivity contribution in [3.05, 3.63) is 95.8 Å². The van der Waals surface area contributed by atoms with E-state index in [1.165, 1.54) is 0 Å². The van der Waals surface area contributed by atoms with Gasteiger partial charge in [0.25, 0.3) is 0 Å². The van der Waals surface area contributed by atoms with Crippen LogP contribution in [0, 0.1) is 23.4 Å². The molecule has 0 aliphatic heterocycles. The molecule has 1 aliphatic rings. The Balaban J connectivity index is 1.32. The molecular formula is C31H33F3O2. The van der Waals surface area contributed by atoms with Crippen LogP contribution in [0.4, 0.5) is 13.2 Å². The molecule has 3 aromatic rings. The summed E-state index contributed by atoms with van der Waals surface area (Å²) >= 11 is 0. The highest BCUT2D eigenvalue weighted by Crippen LogP contribution is 2.39. The van der Waals surface area contributed by atoms with Crippen LogP contribution in [-0.2, 0) is 6.42 Å². The van der Waals surface area contributed by atoms with Crippen molar-refractivity contribution in [2.24, 2.45) is 5.92 Å². The molecule has 5 heteroatoms. The van der Waals surface area contributed by atoms with Crippen molar-refractivity contribution in [2.45, 2.75) is 51.4 Å². The Kier molecular flexibility index (Phi) is 8.74. The lowest BCUT2D eigenvalue weighted by molar-refractivity contribution is 0.307. The Morgan fingerprint density at radius 2 is 1.64 bits per heavy atom. The van der Waals surface area contributed by atoms with E-state index in [1.54, 1.807) is 54.6 Å². The maximum atomic E-state index is 14.9. The summed E-state index contributed by atoms with van der Waals surface area (Å²) in [6, 6.07) is 15.6. The van der Waals surface area contributed by atoms with Crippen LogP contribution in [-0.4, -0.2) is 13.2 Å². The fourth-order valence-corrected chi connectivity index (χ4v) is 5.08. The fourth-order valence-electron chi connectivity index (χ4n) is 5.08. The largest absolute Gasteiger partial charge is 0.494 e. The zero-order valence-electron chi connectivity index (χ0n) is 20.7. The van der Waals surface area contributed by atoms with E-state index in [9.17, 15) is 13.2 Å². The Hall–Kier alpha value is -3.21. The maximum Gasteiger partial charge on any atom is 0.166 e. The average molecular weight is 495 g/mol. The number of ether oxygens (including phenoxy) is 2. The molecule has 1 saturated carbocycles. The molecule has 0 amide bonds. The van der Waals surface area contributed by atoms with Gasteiger partial charge in [-0.05, 0) is 98.2 Å². The summed E-state index contributed by atoms with van der Waals surface area (Å²) in [5.41, 5.74) is 2.29. The Bertz CT molecular complexity index is 1170. The third kappa shape index (κ3) is 6.13. The molecule has 0 radical (unpaired) electrons. The lowest BCUT2D eigenvalue weighted by atomic mass is 9.77. The second-order valence-electron chi connectivity index (χ2n) is 9.40. The molecule has 190 valence electrons. The second-order valence-corrected chi connectivity index (χ2v) is 9.40. The SMILES string of the molecule is C=CCOc1ccc(C2CCC(CCc3ccc(-c4ccc(OCC)cc4)c(F)c3F)CC2)cc1F. The highest BCUT2D eigenvalue weighted by Gasteiger charge is 2.24. The molecule has 1 fully saturated rings. The molecule has 0 N–H and O–H groups in total. The van der Waals surface area contributed by atoms with Gasteiger partial charge >= 0.3 is 0 Å². The van der Waals surface area contributed by atoms with Crippen LogP contribution in [0.1, 0.15) is 56.1 Å². The minimum absolute atomic E-state index is 0.245. The molecule has 3 aromatic carbocycles. The number of halogens is 3. The lowest BCUT2D eigenvalue weighted by Gasteiger charge is -2.29. The molecular weight excluding hydrogens is 461 g/mol. The molecule has 36 heavy (non-hydrogen) atoms. The van der Waals surface area contributed by atoms with Gasteiger partial charge in [0.15, 0.2) is 23.2 Å². The van der Waals surface area contributed by atoms with E-state index >= 15 is 0 Å². The Morgan fingerprint density at radius 3 is 2.31 bits per heavy atom. The molecule has 0 saturated heterocycles. The third-order valence-corrected chi connectivity index (χ3v) is 7.09. The first-order valence-corrected chi connectivity index (χ1v) is 12.7. The van der Waals surface area contributed by atoms with Gasteiger partial charge in [0, 0.05) is 5.56 Å². The summed E-state index contributed by atoms with van der Waals surface area (Å²) in [7, 11) is 0. The van der Waals surface area contributed by atoms with E-state index in [2.05, 4.69) is 6.58 Å². The van der Waals surface area contributed by atoms with E-state index in [0.29, 0.717) is 41.7 Å². The normalized spacial score (nSPS) is 17.6. The highest BCUT2D eigenvalue weighted by atomic mass is 19.2. The summed E-state index contributed by atoms with van der Waals surface area (Å²) in [4.78, 5) is 0. The maximum absolute atomic E-state index is 14.9. The van der Waals surface area contributed by atoms with Gasteiger partial charge in [0.1, 0.15) is 12.4 Å². The van der Waals surface area contributed by atoms with E-state index in [-0.39, 0.29) is 23.7 Å². The summed E-state index contributed by atoms with van der Waals surface area (Å²) < 4.78 is 54.9. The zero-order valence-corrected chi connectivity index (χ0v) is 20.7. The van der Waals surface area contributed by atoms with Gasteiger partial charge < -0.3 is 9.47 Å². The average Bonchev–Trinajstić information content (AvgIpc) is 2.90. The van der Waals surface area contributed by atoms with Crippen LogP contribution in [0.3, 0.4) is 0 Å². The first kappa shape index (κ1) is 25.9. The van der Waals surface area contributed by atoms with Crippen molar-refractivity contribution in [1.82, 2.24) is 0 Å². The Morgan fingerprint density at radius 1 is 0.889 bits per heavy atom. The van der Waals surface area contributed by atoms with Gasteiger partial charge in [-0.25, -0.2) is 13.2 Å². The van der Waals surface area contributed by atoms with Crippen molar-refractivity contribution in [1.29, 1.82) is 0 Å². The summed E-state index contributed by atoms with van der Waals surface area (Å²) in [6.07, 6.45) is 6.82.